The molecule has 2 atom stereocenters. The number of rotatable bonds is 3. The van der Waals surface area contributed by atoms with Crippen molar-refractivity contribution in [2.24, 2.45) is 11.7 Å². The lowest BCUT2D eigenvalue weighted by Gasteiger charge is -2.25. The van der Waals surface area contributed by atoms with E-state index in [1.807, 2.05) is 0 Å². The standard InChI is InChI=1S/C12H15ClF3NO.ClH/c1-6(2)11(18)10(17)8-4-3-7(13)5-9(8)12(14,15)16;/h3-6,10-11,18H,17H2,1-2H3;1H/t10-,11+;/m0./s1. The summed E-state index contributed by atoms with van der Waals surface area (Å²) in [4.78, 5) is 0. The predicted molar refractivity (Wildman–Crippen MR) is 71.5 cm³/mol. The predicted octanol–water partition coefficient (Wildman–Crippen LogP) is 3.80. The van der Waals surface area contributed by atoms with Gasteiger partial charge >= 0.3 is 6.18 Å². The van der Waals surface area contributed by atoms with Crippen molar-refractivity contribution in [3.8, 4) is 0 Å². The fourth-order valence-electron chi connectivity index (χ4n) is 1.66. The van der Waals surface area contributed by atoms with Gasteiger partial charge in [-0.2, -0.15) is 13.2 Å². The first-order valence-electron chi connectivity index (χ1n) is 5.45. The molecule has 3 N–H and O–H groups in total. The highest BCUT2D eigenvalue weighted by Crippen LogP contribution is 2.37. The van der Waals surface area contributed by atoms with Gasteiger partial charge in [-0.25, -0.2) is 0 Å². The fourth-order valence-corrected chi connectivity index (χ4v) is 1.84. The molecule has 0 spiro atoms. The van der Waals surface area contributed by atoms with Crippen LogP contribution in [0.2, 0.25) is 5.02 Å². The molecule has 1 rings (SSSR count). The molecule has 0 amide bonds. The average molecular weight is 318 g/mol. The number of hydrogen-bond acceptors (Lipinski definition) is 2. The number of hydrogen-bond donors (Lipinski definition) is 2. The second-order valence-corrected chi connectivity index (χ2v) is 4.93. The van der Waals surface area contributed by atoms with Crippen molar-refractivity contribution in [1.82, 2.24) is 0 Å². The maximum absolute atomic E-state index is 12.9. The Hall–Kier alpha value is -0.490. The summed E-state index contributed by atoms with van der Waals surface area (Å²) in [6.45, 7) is 3.38. The minimum Gasteiger partial charge on any atom is -0.391 e. The van der Waals surface area contributed by atoms with E-state index in [0.717, 1.165) is 6.07 Å². The maximum atomic E-state index is 12.9. The summed E-state index contributed by atoms with van der Waals surface area (Å²) in [6.07, 6.45) is -5.60. The Morgan fingerprint density at radius 2 is 1.79 bits per heavy atom. The zero-order valence-electron chi connectivity index (χ0n) is 10.4. The first-order valence-corrected chi connectivity index (χ1v) is 5.82. The van der Waals surface area contributed by atoms with Crippen molar-refractivity contribution in [1.29, 1.82) is 0 Å². The Bertz CT molecular complexity index is 424. The monoisotopic (exact) mass is 317 g/mol. The Morgan fingerprint density at radius 3 is 2.21 bits per heavy atom. The van der Waals surface area contributed by atoms with Crippen LogP contribution in [0.1, 0.15) is 31.0 Å². The number of nitrogens with two attached hydrogens (primary N) is 1. The molecule has 7 heteroatoms. The third-order valence-electron chi connectivity index (χ3n) is 2.73. The van der Waals surface area contributed by atoms with Crippen LogP contribution < -0.4 is 5.73 Å². The third kappa shape index (κ3) is 4.53. The van der Waals surface area contributed by atoms with Gasteiger partial charge in [0.05, 0.1) is 17.7 Å². The molecule has 19 heavy (non-hydrogen) atoms. The van der Waals surface area contributed by atoms with Crippen LogP contribution in [0.4, 0.5) is 13.2 Å². The number of aliphatic hydroxyl groups excluding tert-OH is 1. The smallest absolute Gasteiger partial charge is 0.391 e. The highest BCUT2D eigenvalue weighted by Gasteiger charge is 2.36. The molecule has 2 nitrogen and oxygen atoms in total. The maximum Gasteiger partial charge on any atom is 0.416 e. The first-order chi connectivity index (χ1) is 8.14. The molecule has 0 aliphatic rings. The van der Waals surface area contributed by atoms with Gasteiger partial charge in [0.15, 0.2) is 0 Å². The number of halogens is 5. The van der Waals surface area contributed by atoms with Gasteiger partial charge in [-0.15, -0.1) is 12.4 Å². The van der Waals surface area contributed by atoms with Gasteiger partial charge in [-0.3, -0.25) is 0 Å². The molecule has 0 aliphatic carbocycles. The van der Waals surface area contributed by atoms with Crippen molar-refractivity contribution in [2.45, 2.75) is 32.2 Å². The first kappa shape index (κ1) is 18.5. The molecule has 0 heterocycles. The van der Waals surface area contributed by atoms with Gasteiger partial charge in [-0.05, 0) is 23.6 Å². The normalized spacial score (nSPS) is 15.0. The molecular weight excluding hydrogens is 302 g/mol. The van der Waals surface area contributed by atoms with Crippen LogP contribution in [-0.2, 0) is 6.18 Å². The lowest BCUT2D eigenvalue weighted by Crippen LogP contribution is -2.32. The van der Waals surface area contributed by atoms with E-state index in [-0.39, 0.29) is 28.9 Å². The lowest BCUT2D eigenvalue weighted by atomic mass is 9.91. The van der Waals surface area contributed by atoms with Gasteiger partial charge in [0.2, 0.25) is 0 Å². The van der Waals surface area contributed by atoms with E-state index in [0.29, 0.717) is 0 Å². The summed E-state index contributed by atoms with van der Waals surface area (Å²) in [7, 11) is 0. The summed E-state index contributed by atoms with van der Waals surface area (Å²) in [5.41, 5.74) is 4.65. The lowest BCUT2D eigenvalue weighted by molar-refractivity contribution is -0.138. The fraction of sp³-hybridized carbons (Fsp3) is 0.500. The van der Waals surface area contributed by atoms with Crippen LogP contribution in [-0.4, -0.2) is 11.2 Å². The molecular formula is C12H16Cl2F3NO. The van der Waals surface area contributed by atoms with Crippen molar-refractivity contribution in [2.75, 3.05) is 0 Å². The molecule has 0 saturated heterocycles. The van der Waals surface area contributed by atoms with Crippen LogP contribution in [0.3, 0.4) is 0 Å². The Labute approximate surface area is 121 Å². The quantitative estimate of drug-likeness (QED) is 0.890. The SMILES string of the molecule is CC(C)[C@@H](O)[C@@H](N)c1ccc(Cl)cc1C(F)(F)F.Cl. The third-order valence-corrected chi connectivity index (χ3v) is 2.97. The number of benzene rings is 1. The highest BCUT2D eigenvalue weighted by molar-refractivity contribution is 6.30. The zero-order valence-corrected chi connectivity index (χ0v) is 12.0. The van der Waals surface area contributed by atoms with E-state index in [2.05, 4.69) is 0 Å². The molecule has 0 aliphatic heterocycles. The van der Waals surface area contributed by atoms with Gasteiger partial charge in [0, 0.05) is 5.02 Å². The average Bonchev–Trinajstić information content (AvgIpc) is 2.25. The van der Waals surface area contributed by atoms with Crippen LogP contribution in [0.5, 0.6) is 0 Å². The second kappa shape index (κ2) is 6.79. The topological polar surface area (TPSA) is 46.2 Å². The zero-order chi connectivity index (χ0) is 14.1. The van der Waals surface area contributed by atoms with E-state index in [1.54, 1.807) is 13.8 Å². The van der Waals surface area contributed by atoms with E-state index in [9.17, 15) is 18.3 Å². The largest absolute Gasteiger partial charge is 0.416 e. The van der Waals surface area contributed by atoms with E-state index in [1.165, 1.54) is 12.1 Å². The van der Waals surface area contributed by atoms with Crippen molar-refractivity contribution < 1.29 is 18.3 Å². The van der Waals surface area contributed by atoms with Gasteiger partial charge in [0.1, 0.15) is 0 Å². The molecule has 0 aromatic heterocycles. The molecule has 0 radical (unpaired) electrons. The van der Waals surface area contributed by atoms with Crippen LogP contribution in [0.25, 0.3) is 0 Å². The Kier molecular flexibility index (Phi) is 6.62. The van der Waals surface area contributed by atoms with E-state index >= 15 is 0 Å². The second-order valence-electron chi connectivity index (χ2n) is 4.49. The Balaban J connectivity index is 0.00000324. The van der Waals surface area contributed by atoms with Gasteiger partial charge in [0.25, 0.3) is 0 Å². The summed E-state index contributed by atoms with van der Waals surface area (Å²) in [6, 6.07) is 2.27. The van der Waals surface area contributed by atoms with Gasteiger partial charge in [-0.1, -0.05) is 31.5 Å². The van der Waals surface area contributed by atoms with E-state index < -0.39 is 23.9 Å². The highest BCUT2D eigenvalue weighted by atomic mass is 35.5. The van der Waals surface area contributed by atoms with Crippen molar-refractivity contribution in [3.05, 3.63) is 34.3 Å². The Morgan fingerprint density at radius 1 is 1.26 bits per heavy atom. The molecule has 0 unspecified atom stereocenters. The molecule has 1 aromatic carbocycles. The number of aliphatic hydroxyl groups is 1. The summed E-state index contributed by atoms with van der Waals surface area (Å²) in [5.74, 6) is -0.239. The van der Waals surface area contributed by atoms with Crippen LogP contribution in [0, 0.1) is 5.92 Å². The van der Waals surface area contributed by atoms with E-state index in [4.69, 9.17) is 17.3 Å². The van der Waals surface area contributed by atoms with Crippen LogP contribution in [0.15, 0.2) is 18.2 Å². The molecule has 0 fully saturated rings. The summed E-state index contributed by atoms with van der Waals surface area (Å²) < 4.78 is 38.6. The minimum atomic E-state index is -4.55. The molecule has 0 bridgehead atoms. The van der Waals surface area contributed by atoms with Gasteiger partial charge < -0.3 is 10.8 Å². The molecule has 0 saturated carbocycles. The summed E-state index contributed by atoms with van der Waals surface area (Å²) >= 11 is 5.57. The van der Waals surface area contributed by atoms with Crippen LogP contribution >= 0.6 is 24.0 Å². The number of alkyl halides is 3. The van der Waals surface area contributed by atoms with Crippen molar-refractivity contribution >= 4 is 24.0 Å². The molecule has 110 valence electrons. The molecule has 1 aromatic rings. The minimum absolute atomic E-state index is 0. The summed E-state index contributed by atoms with van der Waals surface area (Å²) in [5, 5.41) is 9.77. The van der Waals surface area contributed by atoms with Crippen molar-refractivity contribution in [3.63, 3.8) is 0 Å².